The van der Waals surface area contributed by atoms with Gasteiger partial charge in [0.1, 0.15) is 12.4 Å². The van der Waals surface area contributed by atoms with Crippen molar-refractivity contribution in [3.05, 3.63) is 46.6 Å². The zero-order chi connectivity index (χ0) is 17.1. The molecule has 126 valence electrons. The zero-order valence-electron chi connectivity index (χ0n) is 14.6. The van der Waals surface area contributed by atoms with Crippen molar-refractivity contribution in [2.24, 2.45) is 0 Å². The molecule has 3 atom stereocenters. The Labute approximate surface area is 142 Å². The van der Waals surface area contributed by atoms with Gasteiger partial charge < -0.3 is 9.47 Å². The lowest BCUT2D eigenvalue weighted by Gasteiger charge is -2.48. The number of aryl methyl sites for hydroxylation is 1. The highest BCUT2D eigenvalue weighted by Gasteiger charge is 2.58. The smallest absolute Gasteiger partial charge is 0.166 e. The van der Waals surface area contributed by atoms with E-state index in [1.807, 2.05) is 12.1 Å². The monoisotopic (exact) mass is 325 g/mol. The summed E-state index contributed by atoms with van der Waals surface area (Å²) < 4.78 is 11.9. The van der Waals surface area contributed by atoms with E-state index in [-0.39, 0.29) is 11.5 Å². The number of likely N-dealkylation sites (tertiary alicyclic amines) is 1. The standard InChI is InChI=1S/C20H23NO3/c1-12-5-8-16(23-4)18-17(12)20-9-10-21(3)13(2)15(20)7-6-14(11-22)19(20)24-18/h5-8,11,13,19H,9-10H2,1-4H3/t13-,19+,20-/m0/s1. The van der Waals surface area contributed by atoms with Crippen LogP contribution in [-0.2, 0) is 10.2 Å². The maximum atomic E-state index is 11.7. The van der Waals surface area contributed by atoms with Gasteiger partial charge >= 0.3 is 0 Å². The molecule has 2 heterocycles. The van der Waals surface area contributed by atoms with Crippen LogP contribution < -0.4 is 9.47 Å². The van der Waals surface area contributed by atoms with Crippen molar-refractivity contribution in [1.29, 1.82) is 0 Å². The number of carbonyl (C=O) groups excluding carboxylic acids is 1. The molecule has 3 aliphatic rings. The van der Waals surface area contributed by atoms with Crippen molar-refractivity contribution in [1.82, 2.24) is 4.90 Å². The summed E-state index contributed by atoms with van der Waals surface area (Å²) in [7, 11) is 3.82. The normalized spacial score (nSPS) is 31.2. The van der Waals surface area contributed by atoms with Crippen LogP contribution in [-0.4, -0.2) is 44.0 Å². The number of methoxy groups -OCH3 is 1. The highest BCUT2D eigenvalue weighted by atomic mass is 16.5. The van der Waals surface area contributed by atoms with E-state index in [1.165, 1.54) is 16.7 Å². The number of allylic oxidation sites excluding steroid dienone is 2. The first-order valence-electron chi connectivity index (χ1n) is 8.47. The Balaban J connectivity index is 2.02. The Hall–Kier alpha value is -2.07. The quantitative estimate of drug-likeness (QED) is 0.784. The zero-order valence-corrected chi connectivity index (χ0v) is 14.6. The van der Waals surface area contributed by atoms with Gasteiger partial charge in [-0.15, -0.1) is 0 Å². The molecule has 0 radical (unpaired) electrons. The number of carbonyl (C=O) groups is 1. The number of hydrogen-bond acceptors (Lipinski definition) is 4. The van der Waals surface area contributed by atoms with Crippen molar-refractivity contribution < 1.29 is 14.3 Å². The average molecular weight is 325 g/mol. The Morgan fingerprint density at radius 2 is 2.17 bits per heavy atom. The van der Waals surface area contributed by atoms with Gasteiger partial charge in [0.2, 0.25) is 0 Å². The Morgan fingerprint density at radius 1 is 1.38 bits per heavy atom. The van der Waals surface area contributed by atoms with E-state index >= 15 is 0 Å². The van der Waals surface area contributed by atoms with E-state index in [1.54, 1.807) is 7.11 Å². The van der Waals surface area contributed by atoms with E-state index in [9.17, 15) is 4.79 Å². The second-order valence-electron chi connectivity index (χ2n) is 7.07. The molecule has 0 bridgehead atoms. The van der Waals surface area contributed by atoms with Crippen LogP contribution in [0.4, 0.5) is 0 Å². The lowest BCUT2D eigenvalue weighted by molar-refractivity contribution is -0.105. The van der Waals surface area contributed by atoms with Crippen LogP contribution in [0.1, 0.15) is 24.5 Å². The van der Waals surface area contributed by atoms with Gasteiger partial charge in [-0.05, 0) is 51.1 Å². The first-order chi connectivity index (χ1) is 11.5. The molecule has 2 aliphatic heterocycles. The molecule has 0 amide bonds. The molecule has 1 aromatic carbocycles. The number of benzene rings is 1. The van der Waals surface area contributed by atoms with E-state index in [2.05, 4.69) is 37.9 Å². The lowest BCUT2D eigenvalue weighted by atomic mass is 9.60. The molecule has 0 saturated carbocycles. The fourth-order valence-electron chi connectivity index (χ4n) is 4.71. The predicted octanol–water partition coefficient (Wildman–Crippen LogP) is 2.79. The highest BCUT2D eigenvalue weighted by molar-refractivity contribution is 5.80. The molecule has 0 unspecified atom stereocenters. The second kappa shape index (κ2) is 5.21. The molecular formula is C20H23NO3. The van der Waals surface area contributed by atoms with Crippen molar-refractivity contribution in [3.63, 3.8) is 0 Å². The fraction of sp³-hybridized carbons (Fsp3) is 0.450. The number of nitrogens with zero attached hydrogens (tertiary/aromatic N) is 1. The number of fused-ring (bicyclic) bond motifs is 1. The molecule has 4 heteroatoms. The number of ether oxygens (including phenoxy) is 2. The Kier molecular flexibility index (Phi) is 3.36. The van der Waals surface area contributed by atoms with Crippen LogP contribution in [0.3, 0.4) is 0 Å². The first kappa shape index (κ1) is 15.5. The third kappa shape index (κ3) is 1.75. The van der Waals surface area contributed by atoms with Gasteiger partial charge in [0.15, 0.2) is 11.5 Å². The predicted molar refractivity (Wildman–Crippen MR) is 92.8 cm³/mol. The van der Waals surface area contributed by atoms with Gasteiger partial charge in [-0.2, -0.15) is 0 Å². The van der Waals surface area contributed by atoms with Crippen molar-refractivity contribution in [2.45, 2.75) is 37.8 Å². The van der Waals surface area contributed by atoms with Crippen LogP contribution in [0.25, 0.3) is 0 Å². The highest BCUT2D eigenvalue weighted by Crippen LogP contribution is 2.59. The molecule has 4 rings (SSSR count). The Morgan fingerprint density at radius 3 is 2.88 bits per heavy atom. The van der Waals surface area contributed by atoms with Gasteiger partial charge in [0.05, 0.1) is 12.5 Å². The molecule has 1 fully saturated rings. The Bertz CT molecular complexity index is 779. The van der Waals surface area contributed by atoms with Gasteiger partial charge in [-0.3, -0.25) is 9.69 Å². The molecule has 0 aromatic heterocycles. The summed E-state index contributed by atoms with van der Waals surface area (Å²) in [5, 5.41) is 0. The van der Waals surface area contributed by atoms with Crippen LogP contribution in [0.5, 0.6) is 11.5 Å². The number of aldehydes is 1. The third-order valence-electron chi connectivity index (χ3n) is 6.06. The molecule has 1 saturated heterocycles. The molecule has 4 nitrogen and oxygen atoms in total. The second-order valence-corrected chi connectivity index (χ2v) is 7.07. The first-order valence-corrected chi connectivity index (χ1v) is 8.47. The fourth-order valence-corrected chi connectivity index (χ4v) is 4.71. The number of piperidine rings is 1. The summed E-state index contributed by atoms with van der Waals surface area (Å²) in [6, 6.07) is 4.36. The molecule has 1 spiro atoms. The molecule has 24 heavy (non-hydrogen) atoms. The van der Waals surface area contributed by atoms with E-state index in [0.29, 0.717) is 11.6 Å². The van der Waals surface area contributed by atoms with Crippen LogP contribution in [0.2, 0.25) is 0 Å². The van der Waals surface area contributed by atoms with Gasteiger partial charge in [0.25, 0.3) is 0 Å². The summed E-state index contributed by atoms with van der Waals surface area (Å²) in [4.78, 5) is 14.1. The lowest BCUT2D eigenvalue weighted by Crippen LogP contribution is -2.54. The summed E-state index contributed by atoms with van der Waals surface area (Å²) in [6.07, 6.45) is 5.69. The van der Waals surface area contributed by atoms with Gasteiger partial charge in [-0.1, -0.05) is 18.2 Å². The summed E-state index contributed by atoms with van der Waals surface area (Å²) in [5.41, 5.74) is 4.19. The number of rotatable bonds is 2. The van der Waals surface area contributed by atoms with Crippen LogP contribution >= 0.6 is 0 Å². The summed E-state index contributed by atoms with van der Waals surface area (Å²) in [5.74, 6) is 1.55. The largest absolute Gasteiger partial charge is 0.493 e. The van der Waals surface area contributed by atoms with E-state index in [4.69, 9.17) is 9.47 Å². The number of hydrogen-bond donors (Lipinski definition) is 0. The third-order valence-corrected chi connectivity index (χ3v) is 6.06. The van der Waals surface area contributed by atoms with Crippen molar-refractivity contribution >= 4 is 6.29 Å². The van der Waals surface area contributed by atoms with Gasteiger partial charge in [-0.25, -0.2) is 0 Å². The topological polar surface area (TPSA) is 38.8 Å². The average Bonchev–Trinajstić information content (AvgIpc) is 2.94. The summed E-state index contributed by atoms with van der Waals surface area (Å²) >= 11 is 0. The molecule has 1 aliphatic carbocycles. The maximum Gasteiger partial charge on any atom is 0.166 e. The molecule has 0 N–H and O–H groups in total. The SMILES string of the molecule is COc1ccc(C)c2c1O[C@@H]1C(C=O)=CC=C3[C@H](C)N(C)CC[C@]321. The van der Waals surface area contributed by atoms with Crippen LogP contribution in [0, 0.1) is 6.92 Å². The number of likely N-dealkylation sites (N-methyl/N-ethyl adjacent to an activating group) is 1. The summed E-state index contributed by atoms with van der Waals surface area (Å²) in [6.45, 7) is 5.33. The van der Waals surface area contributed by atoms with Crippen molar-refractivity contribution in [2.75, 3.05) is 20.7 Å². The molecule has 1 aromatic rings. The van der Waals surface area contributed by atoms with Gasteiger partial charge in [0, 0.05) is 17.2 Å². The minimum Gasteiger partial charge on any atom is -0.493 e. The van der Waals surface area contributed by atoms with E-state index < -0.39 is 0 Å². The molecular weight excluding hydrogens is 302 g/mol. The minimum absolute atomic E-state index is 0.254. The van der Waals surface area contributed by atoms with Crippen LogP contribution in [0.15, 0.2) is 35.4 Å². The van der Waals surface area contributed by atoms with E-state index in [0.717, 1.165) is 30.8 Å². The van der Waals surface area contributed by atoms with Crippen molar-refractivity contribution in [3.8, 4) is 11.5 Å². The minimum atomic E-state index is -0.259. The maximum absolute atomic E-state index is 11.7.